The maximum absolute atomic E-state index is 10.6. The lowest BCUT2D eigenvalue weighted by atomic mass is 9.87. The molecular formula is C7H11NO2S. The summed E-state index contributed by atoms with van der Waals surface area (Å²) in [6.07, 6.45) is 0. The Kier molecular flexibility index (Phi) is 3.36. The second kappa shape index (κ2) is 3.60. The van der Waals surface area contributed by atoms with E-state index in [1.807, 2.05) is 0 Å². The lowest BCUT2D eigenvalue weighted by molar-refractivity contribution is -0.140. The van der Waals surface area contributed by atoms with E-state index >= 15 is 0 Å². The zero-order chi connectivity index (χ0) is 9.07. The summed E-state index contributed by atoms with van der Waals surface area (Å²) in [7, 11) is 0. The van der Waals surface area contributed by atoms with Gasteiger partial charge in [0, 0.05) is 0 Å². The van der Waals surface area contributed by atoms with E-state index in [1.165, 1.54) is 0 Å². The van der Waals surface area contributed by atoms with E-state index in [0.29, 0.717) is 0 Å². The fourth-order valence-corrected chi connectivity index (χ4v) is 0.777. The highest BCUT2D eigenvalue weighted by atomic mass is 32.1. The van der Waals surface area contributed by atoms with Crippen LogP contribution in [-0.4, -0.2) is 22.3 Å². The van der Waals surface area contributed by atoms with Gasteiger partial charge in [-0.25, -0.2) is 9.79 Å². The van der Waals surface area contributed by atoms with Crippen LogP contribution in [0.4, 0.5) is 0 Å². The van der Waals surface area contributed by atoms with Crippen LogP contribution in [0.5, 0.6) is 0 Å². The minimum absolute atomic E-state index is 0.405. The van der Waals surface area contributed by atoms with Crippen molar-refractivity contribution in [3.05, 3.63) is 0 Å². The minimum Gasteiger partial charge on any atom is -0.480 e. The Labute approximate surface area is 71.1 Å². The summed E-state index contributed by atoms with van der Waals surface area (Å²) in [5.74, 6) is -0.963. The highest BCUT2D eigenvalue weighted by Gasteiger charge is 2.30. The third-order valence-corrected chi connectivity index (χ3v) is 1.34. The highest BCUT2D eigenvalue weighted by molar-refractivity contribution is 7.78. The number of aliphatic carboxylic acids is 1. The van der Waals surface area contributed by atoms with Crippen molar-refractivity contribution in [1.82, 2.24) is 0 Å². The molecule has 0 amide bonds. The molecule has 0 radical (unpaired) electrons. The first kappa shape index (κ1) is 10.3. The first-order valence-corrected chi connectivity index (χ1v) is 3.60. The zero-order valence-electron chi connectivity index (χ0n) is 6.79. The quantitative estimate of drug-likeness (QED) is 0.509. The van der Waals surface area contributed by atoms with Crippen molar-refractivity contribution < 1.29 is 9.90 Å². The molecule has 1 atom stereocenters. The molecule has 0 saturated heterocycles. The average Bonchev–Trinajstić information content (AvgIpc) is 1.79. The smallest absolute Gasteiger partial charge is 0.329 e. The van der Waals surface area contributed by atoms with Gasteiger partial charge in [0.2, 0.25) is 0 Å². The Morgan fingerprint density at radius 3 is 2.18 bits per heavy atom. The number of thiocarbonyl (C=S) groups is 1. The molecule has 62 valence electrons. The molecule has 1 N–H and O–H groups in total. The summed E-state index contributed by atoms with van der Waals surface area (Å²) >= 11 is 4.34. The minimum atomic E-state index is -0.963. The van der Waals surface area contributed by atoms with Crippen LogP contribution in [0.25, 0.3) is 0 Å². The number of carboxylic acid groups (broad SMARTS) is 1. The van der Waals surface area contributed by atoms with Gasteiger partial charge in [-0.05, 0) is 17.6 Å². The predicted molar refractivity (Wildman–Crippen MR) is 45.9 cm³/mol. The summed E-state index contributed by atoms with van der Waals surface area (Å²) in [5, 5.41) is 10.7. The van der Waals surface area contributed by atoms with Crippen LogP contribution in [-0.2, 0) is 4.79 Å². The standard InChI is InChI=1S/C7H11NO2S/c1-7(2,3)5(6(9)10)8-4-11/h5H,1-3H3,(H,9,10)/t5-/m0/s1. The van der Waals surface area contributed by atoms with E-state index < -0.39 is 17.4 Å². The maximum Gasteiger partial charge on any atom is 0.329 e. The number of carbonyl (C=O) groups is 1. The van der Waals surface area contributed by atoms with Gasteiger partial charge in [0.15, 0.2) is 6.04 Å². The molecule has 0 saturated carbocycles. The van der Waals surface area contributed by atoms with Crippen LogP contribution in [0.3, 0.4) is 0 Å². The Balaban J connectivity index is 4.61. The van der Waals surface area contributed by atoms with E-state index in [9.17, 15) is 4.79 Å². The monoisotopic (exact) mass is 173 g/mol. The molecule has 0 unspecified atom stereocenters. The van der Waals surface area contributed by atoms with Crippen molar-refractivity contribution in [3.63, 3.8) is 0 Å². The van der Waals surface area contributed by atoms with E-state index in [4.69, 9.17) is 5.11 Å². The van der Waals surface area contributed by atoms with Gasteiger partial charge in [0.25, 0.3) is 0 Å². The van der Waals surface area contributed by atoms with Gasteiger partial charge >= 0.3 is 5.97 Å². The second-order valence-corrected chi connectivity index (χ2v) is 3.51. The maximum atomic E-state index is 10.6. The van der Waals surface area contributed by atoms with Crippen LogP contribution < -0.4 is 0 Å². The summed E-state index contributed by atoms with van der Waals surface area (Å²) in [5.41, 5.74) is -0.405. The molecule has 0 aliphatic heterocycles. The molecule has 4 heteroatoms. The summed E-state index contributed by atoms with van der Waals surface area (Å²) in [6, 6.07) is -0.792. The average molecular weight is 173 g/mol. The number of aliphatic imine (C=N–C) groups is 1. The van der Waals surface area contributed by atoms with Gasteiger partial charge in [-0.1, -0.05) is 20.8 Å². The van der Waals surface area contributed by atoms with Crippen molar-refractivity contribution in [2.75, 3.05) is 0 Å². The first-order valence-electron chi connectivity index (χ1n) is 3.19. The zero-order valence-corrected chi connectivity index (χ0v) is 7.60. The molecule has 0 rings (SSSR count). The Morgan fingerprint density at radius 1 is 1.64 bits per heavy atom. The topological polar surface area (TPSA) is 49.7 Å². The van der Waals surface area contributed by atoms with E-state index in [2.05, 4.69) is 22.4 Å². The lowest BCUT2D eigenvalue weighted by Gasteiger charge is -2.21. The molecule has 0 heterocycles. The number of nitrogens with zero attached hydrogens (tertiary/aromatic N) is 1. The molecule has 0 aliphatic rings. The van der Waals surface area contributed by atoms with Crippen molar-refractivity contribution in [2.24, 2.45) is 10.4 Å². The van der Waals surface area contributed by atoms with Gasteiger partial charge in [-0.15, -0.1) is 0 Å². The summed E-state index contributed by atoms with van der Waals surface area (Å²) in [6.45, 7) is 5.38. The van der Waals surface area contributed by atoms with Gasteiger partial charge < -0.3 is 5.11 Å². The molecule has 0 fully saturated rings. The molecule has 11 heavy (non-hydrogen) atoms. The Bertz CT molecular complexity index is 199. The number of hydrogen-bond acceptors (Lipinski definition) is 3. The highest BCUT2D eigenvalue weighted by Crippen LogP contribution is 2.21. The summed E-state index contributed by atoms with van der Waals surface area (Å²) < 4.78 is 0. The molecule has 3 nitrogen and oxygen atoms in total. The van der Waals surface area contributed by atoms with Crippen molar-refractivity contribution in [1.29, 1.82) is 0 Å². The SMILES string of the molecule is CC(C)(C)[C@@H](N=C=S)C(=O)O. The third-order valence-electron chi connectivity index (χ3n) is 1.24. The Hall–Kier alpha value is -0.730. The molecule has 0 bridgehead atoms. The van der Waals surface area contributed by atoms with E-state index in [1.54, 1.807) is 20.8 Å². The van der Waals surface area contributed by atoms with Gasteiger partial charge in [-0.2, -0.15) is 0 Å². The van der Waals surface area contributed by atoms with Crippen molar-refractivity contribution >= 4 is 23.3 Å². The fraction of sp³-hybridized carbons (Fsp3) is 0.714. The van der Waals surface area contributed by atoms with Crippen molar-refractivity contribution in [3.8, 4) is 0 Å². The van der Waals surface area contributed by atoms with Gasteiger partial charge in [-0.3, -0.25) is 0 Å². The number of carboxylic acids is 1. The first-order chi connectivity index (χ1) is 4.89. The summed E-state index contributed by atoms with van der Waals surface area (Å²) in [4.78, 5) is 14.1. The normalized spacial score (nSPS) is 13.4. The lowest BCUT2D eigenvalue weighted by Crippen LogP contribution is -2.32. The van der Waals surface area contributed by atoms with Crippen LogP contribution in [0, 0.1) is 5.41 Å². The van der Waals surface area contributed by atoms with Gasteiger partial charge in [0.1, 0.15) is 0 Å². The predicted octanol–water partition coefficient (Wildman–Crippen LogP) is 1.59. The fourth-order valence-electron chi connectivity index (χ4n) is 0.672. The molecular weight excluding hydrogens is 162 g/mol. The van der Waals surface area contributed by atoms with Crippen LogP contribution in [0.2, 0.25) is 0 Å². The van der Waals surface area contributed by atoms with E-state index in [0.717, 1.165) is 0 Å². The molecule has 0 aromatic carbocycles. The van der Waals surface area contributed by atoms with Crippen LogP contribution >= 0.6 is 12.2 Å². The van der Waals surface area contributed by atoms with Crippen molar-refractivity contribution in [2.45, 2.75) is 26.8 Å². The molecule has 0 spiro atoms. The number of isothiocyanates is 1. The molecule has 0 aliphatic carbocycles. The molecule has 0 aromatic heterocycles. The number of rotatable bonds is 2. The van der Waals surface area contributed by atoms with E-state index in [-0.39, 0.29) is 0 Å². The third kappa shape index (κ3) is 3.25. The largest absolute Gasteiger partial charge is 0.480 e. The molecule has 0 aromatic rings. The number of hydrogen-bond donors (Lipinski definition) is 1. The van der Waals surface area contributed by atoms with Crippen LogP contribution in [0.15, 0.2) is 4.99 Å². The van der Waals surface area contributed by atoms with Crippen LogP contribution in [0.1, 0.15) is 20.8 Å². The second-order valence-electron chi connectivity index (χ2n) is 3.33. The van der Waals surface area contributed by atoms with Gasteiger partial charge in [0.05, 0.1) is 5.16 Å². The Morgan fingerprint density at radius 2 is 2.09 bits per heavy atom.